The Labute approximate surface area is 191 Å². The van der Waals surface area contributed by atoms with E-state index in [1.165, 1.54) is 88.4 Å². The van der Waals surface area contributed by atoms with Gasteiger partial charge in [0.2, 0.25) is 0 Å². The minimum absolute atomic E-state index is 0.267. The second-order valence-corrected chi connectivity index (χ2v) is 9.08. The minimum Gasteiger partial charge on any atom is -0.464 e. The van der Waals surface area contributed by atoms with Gasteiger partial charge >= 0.3 is 12.1 Å². The molecular weight excluding hydrogens is 390 g/mol. The molecule has 1 saturated heterocycles. The van der Waals surface area contributed by atoms with Crippen molar-refractivity contribution in [2.24, 2.45) is 0 Å². The van der Waals surface area contributed by atoms with E-state index in [2.05, 4.69) is 6.92 Å². The first kappa shape index (κ1) is 27.8. The lowest BCUT2D eigenvalue weighted by Crippen LogP contribution is -2.41. The van der Waals surface area contributed by atoms with Crippen molar-refractivity contribution in [3.8, 4) is 0 Å². The smallest absolute Gasteiger partial charge is 0.410 e. The topological polar surface area (TPSA) is 55.8 Å². The van der Waals surface area contributed by atoms with Crippen LogP contribution in [0.15, 0.2) is 0 Å². The Morgan fingerprint density at radius 1 is 0.677 bits per heavy atom. The lowest BCUT2D eigenvalue weighted by atomic mass is 10.0. The van der Waals surface area contributed by atoms with Crippen molar-refractivity contribution in [1.29, 1.82) is 0 Å². The van der Waals surface area contributed by atoms with Crippen molar-refractivity contribution >= 4 is 12.1 Å². The SMILES string of the molecule is CCCCCCCCCCCCCCCCCOC(=O)C1CCCN1C(=O)OCCC. The summed E-state index contributed by atoms with van der Waals surface area (Å²) in [5, 5.41) is 0. The molecule has 182 valence electrons. The van der Waals surface area contributed by atoms with Gasteiger partial charge in [0.15, 0.2) is 0 Å². The summed E-state index contributed by atoms with van der Waals surface area (Å²) >= 11 is 0. The third kappa shape index (κ3) is 13.7. The van der Waals surface area contributed by atoms with Crippen LogP contribution < -0.4 is 0 Å². The van der Waals surface area contributed by atoms with Gasteiger partial charge in [0.25, 0.3) is 0 Å². The molecule has 5 heteroatoms. The Balaban J connectivity index is 1.90. The average Bonchev–Trinajstić information content (AvgIpc) is 3.27. The number of carbonyl (C=O) groups is 2. The molecule has 0 saturated carbocycles. The first-order chi connectivity index (χ1) is 15.2. The Morgan fingerprint density at radius 2 is 1.19 bits per heavy atom. The maximum atomic E-state index is 12.3. The van der Waals surface area contributed by atoms with E-state index in [1.807, 2.05) is 6.92 Å². The highest BCUT2D eigenvalue weighted by atomic mass is 16.6. The summed E-state index contributed by atoms with van der Waals surface area (Å²) < 4.78 is 10.6. The fraction of sp³-hybridized carbons (Fsp3) is 0.923. The fourth-order valence-electron chi connectivity index (χ4n) is 4.24. The molecule has 0 aromatic rings. The van der Waals surface area contributed by atoms with Crippen LogP contribution in [0.3, 0.4) is 0 Å². The van der Waals surface area contributed by atoms with Gasteiger partial charge in [0, 0.05) is 6.54 Å². The number of hydrogen-bond acceptors (Lipinski definition) is 4. The summed E-state index contributed by atoms with van der Waals surface area (Å²) in [7, 11) is 0. The van der Waals surface area contributed by atoms with E-state index in [0.29, 0.717) is 26.2 Å². The minimum atomic E-state index is -0.458. The zero-order valence-electron chi connectivity index (χ0n) is 20.5. The van der Waals surface area contributed by atoms with Crippen LogP contribution in [0.1, 0.15) is 129 Å². The van der Waals surface area contributed by atoms with Crippen LogP contribution in [0.4, 0.5) is 4.79 Å². The van der Waals surface area contributed by atoms with Crippen LogP contribution in [0.5, 0.6) is 0 Å². The summed E-state index contributed by atoms with van der Waals surface area (Å²) in [6, 6.07) is -0.458. The maximum Gasteiger partial charge on any atom is 0.410 e. The molecule has 0 aromatic carbocycles. The molecule has 1 amide bonds. The third-order valence-electron chi connectivity index (χ3n) is 6.18. The molecule has 1 aliphatic heterocycles. The van der Waals surface area contributed by atoms with Crippen LogP contribution in [-0.4, -0.2) is 42.8 Å². The van der Waals surface area contributed by atoms with Gasteiger partial charge in [0.05, 0.1) is 13.2 Å². The summed E-state index contributed by atoms with van der Waals surface area (Å²) in [6.45, 7) is 5.68. The molecule has 0 N–H and O–H groups in total. The van der Waals surface area contributed by atoms with Crippen LogP contribution >= 0.6 is 0 Å². The number of hydrogen-bond donors (Lipinski definition) is 0. The second-order valence-electron chi connectivity index (χ2n) is 9.08. The van der Waals surface area contributed by atoms with E-state index in [1.54, 1.807) is 0 Å². The second kappa shape index (κ2) is 19.4. The lowest BCUT2D eigenvalue weighted by molar-refractivity contribution is -0.148. The van der Waals surface area contributed by atoms with Crippen molar-refractivity contribution in [3.05, 3.63) is 0 Å². The maximum absolute atomic E-state index is 12.3. The predicted molar refractivity (Wildman–Crippen MR) is 127 cm³/mol. The summed E-state index contributed by atoms with van der Waals surface area (Å²) in [6.07, 6.45) is 21.7. The molecule has 1 atom stereocenters. The Kier molecular flexibility index (Phi) is 17.4. The molecule has 1 fully saturated rings. The van der Waals surface area contributed by atoms with Crippen molar-refractivity contribution in [1.82, 2.24) is 4.90 Å². The van der Waals surface area contributed by atoms with Crippen LogP contribution in [0.2, 0.25) is 0 Å². The highest BCUT2D eigenvalue weighted by molar-refractivity contribution is 5.82. The highest BCUT2D eigenvalue weighted by Crippen LogP contribution is 2.20. The molecule has 0 spiro atoms. The molecular formula is C26H49NO4. The first-order valence-corrected chi connectivity index (χ1v) is 13.3. The molecule has 1 heterocycles. The summed E-state index contributed by atoms with van der Waals surface area (Å²) in [5.74, 6) is -0.267. The van der Waals surface area contributed by atoms with Crippen molar-refractivity contribution < 1.29 is 19.1 Å². The Bertz CT molecular complexity index is 455. The molecule has 1 aliphatic rings. The third-order valence-corrected chi connectivity index (χ3v) is 6.18. The zero-order valence-corrected chi connectivity index (χ0v) is 20.5. The zero-order chi connectivity index (χ0) is 22.6. The van der Waals surface area contributed by atoms with Gasteiger partial charge in [-0.25, -0.2) is 9.59 Å². The van der Waals surface area contributed by atoms with Gasteiger partial charge in [0.1, 0.15) is 6.04 Å². The van der Waals surface area contributed by atoms with Crippen LogP contribution in [0.25, 0.3) is 0 Å². The number of esters is 1. The number of likely N-dealkylation sites (tertiary alicyclic amines) is 1. The monoisotopic (exact) mass is 439 g/mol. The summed E-state index contributed by atoms with van der Waals surface area (Å²) in [4.78, 5) is 25.9. The molecule has 31 heavy (non-hydrogen) atoms. The first-order valence-electron chi connectivity index (χ1n) is 13.3. The van der Waals surface area contributed by atoms with E-state index in [0.717, 1.165) is 25.7 Å². The van der Waals surface area contributed by atoms with Gasteiger partial charge in [-0.1, -0.05) is 104 Å². The van der Waals surface area contributed by atoms with Gasteiger partial charge < -0.3 is 9.47 Å². The molecule has 0 radical (unpaired) electrons. The molecule has 0 bridgehead atoms. The number of ether oxygens (including phenoxy) is 2. The van der Waals surface area contributed by atoms with Gasteiger partial charge in [-0.15, -0.1) is 0 Å². The normalized spacial score (nSPS) is 15.9. The highest BCUT2D eigenvalue weighted by Gasteiger charge is 2.36. The largest absolute Gasteiger partial charge is 0.464 e. The average molecular weight is 440 g/mol. The van der Waals surface area contributed by atoms with Gasteiger partial charge in [-0.3, -0.25) is 4.90 Å². The quantitative estimate of drug-likeness (QED) is 0.155. The van der Waals surface area contributed by atoms with E-state index < -0.39 is 6.04 Å². The predicted octanol–water partition coefficient (Wildman–Crippen LogP) is 7.41. The number of rotatable bonds is 19. The molecule has 5 nitrogen and oxygen atoms in total. The standard InChI is InChI=1S/C26H49NO4/c1-3-5-6-7-8-9-10-11-12-13-14-15-16-17-18-23-30-25(28)24-20-19-21-27(24)26(29)31-22-4-2/h24H,3-23H2,1-2H3. The summed E-state index contributed by atoms with van der Waals surface area (Å²) in [5.41, 5.74) is 0. The number of nitrogens with zero attached hydrogens (tertiary/aromatic N) is 1. The van der Waals surface area contributed by atoms with Crippen LogP contribution in [0, 0.1) is 0 Å². The Morgan fingerprint density at radius 3 is 1.71 bits per heavy atom. The molecule has 0 aromatic heterocycles. The molecule has 0 aliphatic carbocycles. The van der Waals surface area contributed by atoms with E-state index in [4.69, 9.17) is 9.47 Å². The number of carbonyl (C=O) groups excluding carboxylic acids is 2. The number of unbranched alkanes of at least 4 members (excludes halogenated alkanes) is 14. The Hall–Kier alpha value is -1.26. The molecule has 1 unspecified atom stereocenters. The lowest BCUT2D eigenvalue weighted by Gasteiger charge is -2.22. The van der Waals surface area contributed by atoms with Gasteiger partial charge in [-0.05, 0) is 25.7 Å². The molecule has 1 rings (SSSR count). The van der Waals surface area contributed by atoms with E-state index in [9.17, 15) is 9.59 Å². The van der Waals surface area contributed by atoms with E-state index in [-0.39, 0.29) is 12.1 Å². The van der Waals surface area contributed by atoms with Gasteiger partial charge in [-0.2, -0.15) is 0 Å². The van der Waals surface area contributed by atoms with Crippen LogP contribution in [-0.2, 0) is 14.3 Å². The number of amides is 1. The van der Waals surface area contributed by atoms with E-state index >= 15 is 0 Å². The van der Waals surface area contributed by atoms with Crippen molar-refractivity contribution in [3.63, 3.8) is 0 Å². The fourth-order valence-corrected chi connectivity index (χ4v) is 4.24. The van der Waals surface area contributed by atoms with Crippen molar-refractivity contribution in [2.75, 3.05) is 19.8 Å². The van der Waals surface area contributed by atoms with Crippen molar-refractivity contribution in [2.45, 2.75) is 135 Å².